The molecule has 2 aromatic rings. The second kappa shape index (κ2) is 5.09. The molecular formula is C14H9BrF2N2O2. The van der Waals surface area contributed by atoms with E-state index in [1.54, 1.807) is 6.07 Å². The third-order valence-corrected chi connectivity index (χ3v) is 3.71. The van der Waals surface area contributed by atoms with E-state index in [1.807, 2.05) is 0 Å². The minimum absolute atomic E-state index is 0.243. The van der Waals surface area contributed by atoms with Crippen molar-refractivity contribution in [3.63, 3.8) is 0 Å². The Morgan fingerprint density at radius 2 is 1.95 bits per heavy atom. The molecule has 2 aromatic carbocycles. The van der Waals surface area contributed by atoms with E-state index in [9.17, 15) is 13.6 Å². The van der Waals surface area contributed by atoms with Crippen LogP contribution in [0.15, 0.2) is 34.8 Å². The fourth-order valence-electron chi connectivity index (χ4n) is 2.04. The van der Waals surface area contributed by atoms with Crippen molar-refractivity contribution >= 4 is 27.5 Å². The third-order valence-electron chi connectivity index (χ3n) is 3.09. The average molecular weight is 355 g/mol. The number of nitrogens with two attached hydrogens (primary N) is 1. The van der Waals surface area contributed by atoms with Gasteiger partial charge in [-0.3, -0.25) is 4.79 Å². The van der Waals surface area contributed by atoms with Gasteiger partial charge in [0.25, 0.3) is 0 Å². The molecule has 1 heterocycles. The van der Waals surface area contributed by atoms with E-state index in [0.717, 1.165) is 18.2 Å². The van der Waals surface area contributed by atoms with Crippen LogP contribution in [0.2, 0.25) is 0 Å². The summed E-state index contributed by atoms with van der Waals surface area (Å²) in [5, 5.41) is 2.59. The van der Waals surface area contributed by atoms with Crippen LogP contribution >= 0.6 is 15.9 Å². The van der Waals surface area contributed by atoms with Gasteiger partial charge >= 0.3 is 0 Å². The van der Waals surface area contributed by atoms with Crippen LogP contribution in [0.5, 0.6) is 11.5 Å². The zero-order chi connectivity index (χ0) is 15.1. The summed E-state index contributed by atoms with van der Waals surface area (Å²) in [4.78, 5) is 11.5. The van der Waals surface area contributed by atoms with Gasteiger partial charge in [-0.15, -0.1) is 0 Å². The van der Waals surface area contributed by atoms with Crippen LogP contribution < -0.4 is 15.8 Å². The average Bonchev–Trinajstić information content (AvgIpc) is 2.70. The zero-order valence-corrected chi connectivity index (χ0v) is 12.1. The topological polar surface area (TPSA) is 64.4 Å². The van der Waals surface area contributed by atoms with Gasteiger partial charge in [0.2, 0.25) is 5.91 Å². The molecule has 0 saturated heterocycles. The molecule has 3 rings (SSSR count). The number of benzene rings is 2. The molecule has 1 aliphatic rings. The van der Waals surface area contributed by atoms with Crippen molar-refractivity contribution in [1.29, 1.82) is 0 Å². The van der Waals surface area contributed by atoms with Crippen LogP contribution in [-0.2, 0) is 4.79 Å². The summed E-state index contributed by atoms with van der Waals surface area (Å²) in [5.74, 6) is -1.63. The first kappa shape index (κ1) is 14.0. The number of hydrogen-bond acceptors (Lipinski definition) is 3. The van der Waals surface area contributed by atoms with Gasteiger partial charge in [-0.2, -0.15) is 0 Å². The molecular weight excluding hydrogens is 346 g/mol. The third kappa shape index (κ3) is 2.50. The summed E-state index contributed by atoms with van der Waals surface area (Å²) in [7, 11) is 0. The zero-order valence-electron chi connectivity index (χ0n) is 10.5. The van der Waals surface area contributed by atoms with E-state index in [-0.39, 0.29) is 17.4 Å². The minimum Gasteiger partial charge on any atom is -0.453 e. The molecule has 7 heteroatoms. The lowest BCUT2D eigenvalue weighted by Crippen LogP contribution is -2.19. The maximum atomic E-state index is 13.6. The number of carbonyl (C=O) groups is 1. The van der Waals surface area contributed by atoms with Crippen molar-refractivity contribution in [3.05, 3.63) is 52.0 Å². The van der Waals surface area contributed by atoms with Crippen LogP contribution in [0.1, 0.15) is 11.6 Å². The lowest BCUT2D eigenvalue weighted by molar-refractivity contribution is -0.116. The second-order valence-corrected chi connectivity index (χ2v) is 5.37. The van der Waals surface area contributed by atoms with Crippen LogP contribution in [0, 0.1) is 11.6 Å². The number of fused-ring (bicyclic) bond motifs is 1. The molecule has 0 saturated carbocycles. The van der Waals surface area contributed by atoms with Gasteiger partial charge < -0.3 is 15.8 Å². The number of nitrogens with one attached hydrogen (secondary N) is 1. The SMILES string of the molecule is NC1C(=O)Nc2cc(Oc3cc(F)ccc3F)c(Br)cc21. The van der Waals surface area contributed by atoms with E-state index in [4.69, 9.17) is 10.5 Å². The summed E-state index contributed by atoms with van der Waals surface area (Å²) in [6.45, 7) is 0. The summed E-state index contributed by atoms with van der Waals surface area (Å²) >= 11 is 3.26. The molecule has 21 heavy (non-hydrogen) atoms. The van der Waals surface area contributed by atoms with Gasteiger partial charge in [0, 0.05) is 23.4 Å². The van der Waals surface area contributed by atoms with Gasteiger partial charge in [-0.05, 0) is 34.1 Å². The molecule has 0 spiro atoms. The Hall–Kier alpha value is -1.99. The van der Waals surface area contributed by atoms with Gasteiger partial charge in [-0.25, -0.2) is 8.78 Å². The van der Waals surface area contributed by atoms with Crippen molar-refractivity contribution in [1.82, 2.24) is 0 Å². The molecule has 1 aliphatic heterocycles. The highest BCUT2D eigenvalue weighted by molar-refractivity contribution is 9.10. The molecule has 3 N–H and O–H groups in total. The minimum atomic E-state index is -0.753. The second-order valence-electron chi connectivity index (χ2n) is 4.51. The largest absolute Gasteiger partial charge is 0.453 e. The predicted octanol–water partition coefficient (Wildman–Crippen LogP) is 3.47. The molecule has 0 fully saturated rings. The normalized spacial score (nSPS) is 16.6. The molecule has 0 radical (unpaired) electrons. The number of carbonyl (C=O) groups excluding carboxylic acids is 1. The van der Waals surface area contributed by atoms with Crippen molar-refractivity contribution in [3.8, 4) is 11.5 Å². The first-order chi connectivity index (χ1) is 9.95. The molecule has 1 amide bonds. The Morgan fingerprint density at radius 1 is 1.19 bits per heavy atom. The molecule has 108 valence electrons. The Morgan fingerprint density at radius 3 is 2.71 bits per heavy atom. The van der Waals surface area contributed by atoms with E-state index < -0.39 is 17.7 Å². The standard InChI is InChI=1S/C14H9BrF2N2O2/c15-8-4-7-10(19-14(20)13(7)18)5-11(8)21-12-3-6(16)1-2-9(12)17/h1-5,13H,18H2,(H,19,20). The molecule has 1 unspecified atom stereocenters. The van der Waals surface area contributed by atoms with Crippen LogP contribution in [0.4, 0.5) is 14.5 Å². The Bertz CT molecular complexity index is 752. The Balaban J connectivity index is 1.99. The van der Waals surface area contributed by atoms with E-state index in [0.29, 0.717) is 15.7 Å². The number of halogens is 3. The van der Waals surface area contributed by atoms with Crippen molar-refractivity contribution in [2.75, 3.05) is 5.32 Å². The van der Waals surface area contributed by atoms with Crippen LogP contribution in [0.25, 0.3) is 0 Å². The van der Waals surface area contributed by atoms with Crippen molar-refractivity contribution < 1.29 is 18.3 Å². The summed E-state index contributed by atoms with van der Waals surface area (Å²) in [6.07, 6.45) is 0. The van der Waals surface area contributed by atoms with Gasteiger partial charge in [-0.1, -0.05) is 0 Å². The molecule has 0 aromatic heterocycles. The summed E-state index contributed by atoms with van der Waals surface area (Å²) in [5.41, 5.74) is 6.82. The maximum Gasteiger partial charge on any atom is 0.245 e. The smallest absolute Gasteiger partial charge is 0.245 e. The predicted molar refractivity (Wildman–Crippen MR) is 76.1 cm³/mol. The van der Waals surface area contributed by atoms with Crippen LogP contribution in [-0.4, -0.2) is 5.91 Å². The summed E-state index contributed by atoms with van der Waals surface area (Å²) < 4.78 is 32.6. The monoisotopic (exact) mass is 354 g/mol. The van der Waals surface area contributed by atoms with E-state index in [1.165, 1.54) is 6.07 Å². The Labute approximate surface area is 127 Å². The Kier molecular flexibility index (Phi) is 3.38. The van der Waals surface area contributed by atoms with E-state index >= 15 is 0 Å². The quantitative estimate of drug-likeness (QED) is 0.867. The first-order valence-corrected chi connectivity index (χ1v) is 6.78. The van der Waals surface area contributed by atoms with Gasteiger partial charge in [0.15, 0.2) is 11.6 Å². The number of ether oxygens (including phenoxy) is 1. The maximum absolute atomic E-state index is 13.6. The number of anilines is 1. The molecule has 0 bridgehead atoms. The lowest BCUT2D eigenvalue weighted by atomic mass is 10.1. The molecule has 1 atom stereocenters. The number of rotatable bonds is 2. The van der Waals surface area contributed by atoms with E-state index in [2.05, 4.69) is 21.2 Å². The first-order valence-electron chi connectivity index (χ1n) is 5.98. The number of hydrogen-bond donors (Lipinski definition) is 2. The van der Waals surface area contributed by atoms with Gasteiger partial charge in [0.1, 0.15) is 17.6 Å². The van der Waals surface area contributed by atoms with Gasteiger partial charge in [0.05, 0.1) is 4.47 Å². The lowest BCUT2D eigenvalue weighted by Gasteiger charge is -2.11. The highest BCUT2D eigenvalue weighted by atomic mass is 79.9. The highest BCUT2D eigenvalue weighted by Crippen LogP contribution is 2.40. The highest BCUT2D eigenvalue weighted by Gasteiger charge is 2.28. The van der Waals surface area contributed by atoms with Crippen LogP contribution in [0.3, 0.4) is 0 Å². The van der Waals surface area contributed by atoms with Crippen molar-refractivity contribution in [2.24, 2.45) is 5.73 Å². The molecule has 4 nitrogen and oxygen atoms in total. The fraction of sp³-hybridized carbons (Fsp3) is 0.0714. The summed E-state index contributed by atoms with van der Waals surface area (Å²) in [6, 6.07) is 5.29. The molecule has 0 aliphatic carbocycles. The van der Waals surface area contributed by atoms with Crippen molar-refractivity contribution in [2.45, 2.75) is 6.04 Å². The fourth-order valence-corrected chi connectivity index (χ4v) is 2.48. The number of amides is 1.